The zero-order valence-electron chi connectivity index (χ0n) is 34.3. The van der Waals surface area contributed by atoms with Crippen molar-refractivity contribution in [2.45, 2.75) is 51.2 Å². The zero-order chi connectivity index (χ0) is 42.0. The third-order valence-electron chi connectivity index (χ3n) is 11.6. The summed E-state index contributed by atoms with van der Waals surface area (Å²) in [4.78, 5) is 24.5. The van der Waals surface area contributed by atoms with Crippen molar-refractivity contribution in [3.63, 3.8) is 0 Å². The number of hydrazine groups is 1. The number of aromatic nitrogens is 4. The van der Waals surface area contributed by atoms with Gasteiger partial charge in [-0.25, -0.2) is 33.7 Å². The van der Waals surface area contributed by atoms with Gasteiger partial charge in [0.25, 0.3) is 0 Å². The summed E-state index contributed by atoms with van der Waals surface area (Å²) < 4.78 is 36.4. The first-order chi connectivity index (χ1) is 29.7. The van der Waals surface area contributed by atoms with Crippen LogP contribution in [0.5, 0.6) is 5.75 Å². The summed E-state index contributed by atoms with van der Waals surface area (Å²) in [6, 6.07) is 30.3. The minimum Gasteiger partial charge on any atom is -0.492 e. The number of hydrogen-bond donors (Lipinski definition) is 1. The van der Waals surface area contributed by atoms with Gasteiger partial charge in [0, 0.05) is 76.8 Å². The quantitative estimate of drug-likeness (QED) is 0.127. The third kappa shape index (κ3) is 10.2. The van der Waals surface area contributed by atoms with Crippen LogP contribution >= 0.6 is 59.6 Å². The van der Waals surface area contributed by atoms with Crippen molar-refractivity contribution in [1.82, 2.24) is 29.8 Å². The van der Waals surface area contributed by atoms with E-state index < -0.39 is 0 Å². The molecule has 0 amide bonds. The maximum atomic E-state index is 15.4. The molecule has 9 rings (SSSR count). The monoisotopic (exact) mass is 950 g/mol. The van der Waals surface area contributed by atoms with Crippen molar-refractivity contribution in [3.05, 3.63) is 135 Å². The fourth-order valence-corrected chi connectivity index (χ4v) is 9.08. The highest BCUT2D eigenvalue weighted by molar-refractivity contribution is 6.32. The van der Waals surface area contributed by atoms with Gasteiger partial charge >= 0.3 is 0 Å². The molecule has 7 aromatic rings. The van der Waals surface area contributed by atoms with E-state index in [2.05, 4.69) is 26.3 Å². The lowest BCUT2D eigenvalue weighted by atomic mass is 9.98. The molecule has 0 spiro atoms. The van der Waals surface area contributed by atoms with Crippen molar-refractivity contribution in [2.75, 3.05) is 43.1 Å². The Kier molecular flexibility index (Phi) is 15.1. The van der Waals surface area contributed by atoms with Gasteiger partial charge in [-0.2, -0.15) is 0 Å². The lowest BCUT2D eigenvalue weighted by molar-refractivity contribution is 0.0808. The highest BCUT2D eigenvalue weighted by Crippen LogP contribution is 2.36. The second kappa shape index (κ2) is 20.5. The lowest BCUT2D eigenvalue weighted by Crippen LogP contribution is -2.55. The minimum absolute atomic E-state index is 0. The number of piperidine rings is 2. The van der Waals surface area contributed by atoms with Crippen LogP contribution in [0.15, 0.2) is 103 Å². The topological polar surface area (TPSA) is 82.5 Å². The fourth-order valence-electron chi connectivity index (χ4n) is 8.56. The Bertz CT molecular complexity index is 2720. The van der Waals surface area contributed by atoms with Crippen molar-refractivity contribution in [1.29, 1.82) is 0 Å². The molecule has 63 heavy (non-hydrogen) atoms. The predicted octanol–water partition coefficient (Wildman–Crippen LogP) is 12.4. The van der Waals surface area contributed by atoms with E-state index in [1.54, 1.807) is 60.7 Å². The van der Waals surface area contributed by atoms with Crippen LogP contribution in [0, 0.1) is 11.6 Å². The molecule has 0 atom stereocenters. The summed E-state index contributed by atoms with van der Waals surface area (Å²) in [5.74, 6) is 0.887. The van der Waals surface area contributed by atoms with Crippen LogP contribution in [0.4, 0.5) is 20.7 Å². The lowest BCUT2D eigenvalue weighted by Gasteiger charge is -2.45. The maximum Gasteiger partial charge on any atom is 0.238 e. The molecule has 2 aliphatic heterocycles. The number of likely N-dealkylation sites (tertiary alicyclic amines) is 1. The number of ether oxygens (including phenoxy) is 1. The van der Waals surface area contributed by atoms with E-state index in [4.69, 9.17) is 59.5 Å². The van der Waals surface area contributed by atoms with Gasteiger partial charge in [0.15, 0.2) is 0 Å². The Balaban J connectivity index is 0.00000298. The molecule has 5 aromatic carbocycles. The Morgan fingerprint density at radius 1 is 0.667 bits per heavy atom. The number of hydrogen-bond acceptors (Lipinski definition) is 9. The average Bonchev–Trinajstić information content (AvgIpc) is 3.27. The smallest absolute Gasteiger partial charge is 0.238 e. The molecule has 2 aliphatic rings. The summed E-state index contributed by atoms with van der Waals surface area (Å²) in [5, 5.41) is 5.34. The molecule has 328 valence electrons. The molecular formula is C47H45Cl5F2N8O. The van der Waals surface area contributed by atoms with Crippen LogP contribution in [0.3, 0.4) is 0 Å². The Morgan fingerprint density at radius 2 is 1.22 bits per heavy atom. The van der Waals surface area contributed by atoms with Gasteiger partial charge in [0.2, 0.25) is 11.9 Å². The molecule has 0 radical (unpaired) electrons. The van der Waals surface area contributed by atoms with Crippen molar-refractivity contribution in [3.8, 4) is 28.3 Å². The van der Waals surface area contributed by atoms with Crippen LogP contribution in [-0.4, -0.2) is 74.7 Å². The van der Waals surface area contributed by atoms with Crippen LogP contribution in [-0.2, 0) is 6.54 Å². The summed E-state index contributed by atoms with van der Waals surface area (Å²) >= 11 is 19.3. The highest BCUT2D eigenvalue weighted by atomic mass is 35.5. The average molecular weight is 953 g/mol. The first-order valence-electron chi connectivity index (χ1n) is 20.6. The van der Waals surface area contributed by atoms with Crippen LogP contribution < -0.4 is 15.1 Å². The summed E-state index contributed by atoms with van der Waals surface area (Å²) in [6.45, 7) is 6.35. The van der Waals surface area contributed by atoms with Gasteiger partial charge in [-0.1, -0.05) is 65.1 Å². The van der Waals surface area contributed by atoms with Crippen molar-refractivity contribution < 1.29 is 13.5 Å². The van der Waals surface area contributed by atoms with Gasteiger partial charge in [0.05, 0.1) is 34.1 Å². The van der Waals surface area contributed by atoms with Gasteiger partial charge in [-0.05, 0) is 111 Å². The molecule has 9 nitrogen and oxygen atoms in total. The molecule has 0 bridgehead atoms. The summed E-state index contributed by atoms with van der Waals surface area (Å²) in [5.41, 5.74) is 7.90. The first kappa shape index (κ1) is 46.4. The van der Waals surface area contributed by atoms with E-state index in [0.717, 1.165) is 50.9 Å². The molecule has 2 fully saturated rings. The second-order valence-corrected chi connectivity index (χ2v) is 16.8. The molecule has 4 heterocycles. The van der Waals surface area contributed by atoms with Crippen LogP contribution in [0.2, 0.25) is 15.1 Å². The van der Waals surface area contributed by atoms with Crippen LogP contribution in [0.1, 0.15) is 38.2 Å². The molecule has 0 unspecified atom stereocenters. The first-order valence-corrected chi connectivity index (χ1v) is 21.7. The number of anilines is 2. The number of halogens is 7. The number of fused-ring (bicyclic) bond motifs is 2. The standard InChI is InChI=1S/C47H43Cl3F2N8O.2ClH/c1-2-61-43-25-29(11-14-38(43)50)28-58-21-17-32(18-22-58)60(57-46-53-41-15-12-30(48)26-36(41)44(55-46)34-7-3-5-9-39(34)51)33-19-23-59(24-20-33)47-54-42-16-13-31(49)27-37(42)45(56-47)35-8-4-6-10-40(35)52;;/h3-16,25-27,32-33H,2,17-24,28H2,1H3,(H,53,55,57);2*1H. The minimum atomic E-state index is -0.378. The summed E-state index contributed by atoms with van der Waals surface area (Å²) in [7, 11) is 0. The number of rotatable bonds is 11. The number of nitrogens with one attached hydrogen (secondary N) is 1. The van der Waals surface area contributed by atoms with Gasteiger partial charge in [-0.3, -0.25) is 10.3 Å². The summed E-state index contributed by atoms with van der Waals surface area (Å²) in [6.07, 6.45) is 3.34. The molecule has 2 aromatic heterocycles. The SMILES string of the molecule is CCOc1cc(CN2CCC(N(Nc3nc(-c4ccccc4F)c4cc(Cl)ccc4n3)C3CCN(c4nc(-c5ccccc5F)c5cc(Cl)ccc5n4)CC3)CC2)ccc1Cl.Cl.Cl. The van der Waals surface area contributed by atoms with Crippen LogP contribution in [0.25, 0.3) is 44.3 Å². The molecule has 0 saturated carbocycles. The van der Waals surface area contributed by atoms with E-state index in [0.29, 0.717) is 96.7 Å². The van der Waals surface area contributed by atoms with E-state index in [1.807, 2.05) is 31.2 Å². The molecule has 0 aliphatic carbocycles. The second-order valence-electron chi connectivity index (χ2n) is 15.5. The van der Waals surface area contributed by atoms with E-state index in [1.165, 1.54) is 12.1 Å². The van der Waals surface area contributed by atoms with Crippen molar-refractivity contribution in [2.24, 2.45) is 0 Å². The molecule has 16 heteroatoms. The molecule has 1 N–H and O–H groups in total. The van der Waals surface area contributed by atoms with Crippen molar-refractivity contribution >= 4 is 93.3 Å². The van der Waals surface area contributed by atoms with Gasteiger partial charge in [-0.15, -0.1) is 24.8 Å². The number of nitrogens with zero attached hydrogens (tertiary/aromatic N) is 7. The number of benzene rings is 5. The zero-order valence-corrected chi connectivity index (χ0v) is 38.2. The Morgan fingerprint density at radius 3 is 1.81 bits per heavy atom. The fraction of sp³-hybridized carbons (Fsp3) is 0.277. The molecular weight excluding hydrogens is 908 g/mol. The normalized spacial score (nSPS) is 15.1. The van der Waals surface area contributed by atoms with E-state index in [9.17, 15) is 0 Å². The molecule has 2 saturated heterocycles. The highest BCUT2D eigenvalue weighted by Gasteiger charge is 2.34. The van der Waals surface area contributed by atoms with E-state index in [-0.39, 0.29) is 48.5 Å². The largest absolute Gasteiger partial charge is 0.492 e. The third-order valence-corrected chi connectivity index (χ3v) is 12.4. The van der Waals surface area contributed by atoms with Gasteiger partial charge in [0.1, 0.15) is 17.4 Å². The predicted molar refractivity (Wildman–Crippen MR) is 256 cm³/mol. The maximum absolute atomic E-state index is 15.4. The Hall–Kier alpha value is -4.59. The van der Waals surface area contributed by atoms with Gasteiger partial charge < -0.3 is 9.64 Å². The van der Waals surface area contributed by atoms with E-state index >= 15 is 8.78 Å². The Labute approximate surface area is 392 Å².